The molecule has 0 spiro atoms. The SMILES string of the molecule is CC#CCCCC(NC)C(C)(C)C. The van der Waals surface area contributed by atoms with Crippen molar-refractivity contribution in [2.24, 2.45) is 5.41 Å². The summed E-state index contributed by atoms with van der Waals surface area (Å²) >= 11 is 0. The van der Waals surface area contributed by atoms with Gasteiger partial charge in [0.15, 0.2) is 0 Å². The van der Waals surface area contributed by atoms with Crippen LogP contribution in [0.25, 0.3) is 0 Å². The fourth-order valence-corrected chi connectivity index (χ4v) is 1.53. The van der Waals surface area contributed by atoms with Crippen molar-refractivity contribution in [3.63, 3.8) is 0 Å². The average molecular weight is 181 g/mol. The predicted molar refractivity (Wildman–Crippen MR) is 59.6 cm³/mol. The molecule has 0 saturated heterocycles. The molecular formula is C12H23N. The summed E-state index contributed by atoms with van der Waals surface area (Å²) in [6, 6.07) is 0.603. The van der Waals surface area contributed by atoms with Crippen LogP contribution in [-0.2, 0) is 0 Å². The highest BCUT2D eigenvalue weighted by molar-refractivity contribution is 4.95. The Labute approximate surface area is 83.3 Å². The smallest absolute Gasteiger partial charge is 0.0113 e. The Morgan fingerprint density at radius 3 is 2.31 bits per heavy atom. The molecule has 1 atom stereocenters. The average Bonchev–Trinajstić information content (AvgIpc) is 2.02. The second-order valence-electron chi connectivity index (χ2n) is 4.53. The number of hydrogen-bond donors (Lipinski definition) is 1. The van der Waals surface area contributed by atoms with E-state index in [4.69, 9.17) is 0 Å². The summed E-state index contributed by atoms with van der Waals surface area (Å²) in [6.07, 6.45) is 3.45. The van der Waals surface area contributed by atoms with Gasteiger partial charge in [0.05, 0.1) is 0 Å². The maximum Gasteiger partial charge on any atom is 0.0113 e. The van der Waals surface area contributed by atoms with Gasteiger partial charge in [-0.05, 0) is 32.2 Å². The zero-order valence-corrected chi connectivity index (χ0v) is 9.70. The third-order valence-electron chi connectivity index (χ3n) is 2.37. The van der Waals surface area contributed by atoms with E-state index in [-0.39, 0.29) is 0 Å². The molecule has 0 fully saturated rings. The van der Waals surface area contributed by atoms with Crippen LogP contribution in [0.2, 0.25) is 0 Å². The molecule has 0 aromatic heterocycles. The van der Waals surface area contributed by atoms with Crippen molar-refractivity contribution in [2.45, 2.75) is 53.0 Å². The first-order valence-electron chi connectivity index (χ1n) is 5.09. The number of hydrogen-bond acceptors (Lipinski definition) is 1. The Morgan fingerprint density at radius 1 is 1.31 bits per heavy atom. The summed E-state index contributed by atoms with van der Waals surface area (Å²) in [5.74, 6) is 6.03. The van der Waals surface area contributed by atoms with Crippen molar-refractivity contribution in [1.82, 2.24) is 5.32 Å². The molecule has 0 aliphatic heterocycles. The molecule has 0 aliphatic rings. The van der Waals surface area contributed by atoms with Crippen LogP contribution in [-0.4, -0.2) is 13.1 Å². The van der Waals surface area contributed by atoms with Gasteiger partial charge in [0.25, 0.3) is 0 Å². The van der Waals surface area contributed by atoms with Crippen LogP contribution in [0.3, 0.4) is 0 Å². The lowest BCUT2D eigenvalue weighted by Gasteiger charge is -2.30. The second-order valence-corrected chi connectivity index (χ2v) is 4.53. The van der Waals surface area contributed by atoms with Crippen molar-refractivity contribution in [2.75, 3.05) is 7.05 Å². The van der Waals surface area contributed by atoms with Crippen LogP contribution in [0.4, 0.5) is 0 Å². The molecule has 0 aromatic carbocycles. The van der Waals surface area contributed by atoms with Gasteiger partial charge in [-0.3, -0.25) is 0 Å². The van der Waals surface area contributed by atoms with Crippen LogP contribution in [0.15, 0.2) is 0 Å². The van der Waals surface area contributed by atoms with Crippen LogP contribution in [0.5, 0.6) is 0 Å². The molecule has 0 rings (SSSR count). The molecule has 1 N–H and O–H groups in total. The van der Waals surface area contributed by atoms with E-state index in [0.29, 0.717) is 11.5 Å². The lowest BCUT2D eigenvalue weighted by molar-refractivity contribution is 0.264. The van der Waals surface area contributed by atoms with E-state index in [1.807, 2.05) is 14.0 Å². The minimum atomic E-state index is 0.356. The quantitative estimate of drug-likeness (QED) is 0.519. The Balaban J connectivity index is 3.77. The lowest BCUT2D eigenvalue weighted by Crippen LogP contribution is -2.37. The van der Waals surface area contributed by atoms with Gasteiger partial charge in [0.1, 0.15) is 0 Å². The fraction of sp³-hybridized carbons (Fsp3) is 0.833. The number of unbranched alkanes of at least 4 members (excludes halogenated alkanes) is 1. The van der Waals surface area contributed by atoms with Gasteiger partial charge in [0.2, 0.25) is 0 Å². The topological polar surface area (TPSA) is 12.0 Å². The first kappa shape index (κ1) is 12.5. The maximum absolute atomic E-state index is 3.37. The van der Waals surface area contributed by atoms with Crippen molar-refractivity contribution in [3.8, 4) is 11.8 Å². The molecule has 0 amide bonds. The van der Waals surface area contributed by atoms with E-state index in [1.54, 1.807) is 0 Å². The van der Waals surface area contributed by atoms with Crippen molar-refractivity contribution < 1.29 is 0 Å². The molecule has 0 radical (unpaired) electrons. The second kappa shape index (κ2) is 6.05. The molecule has 13 heavy (non-hydrogen) atoms. The summed E-state index contributed by atoms with van der Waals surface area (Å²) in [5.41, 5.74) is 0.356. The van der Waals surface area contributed by atoms with Gasteiger partial charge < -0.3 is 5.32 Å². The Hall–Kier alpha value is -0.480. The summed E-state index contributed by atoms with van der Waals surface area (Å²) in [6.45, 7) is 8.73. The minimum absolute atomic E-state index is 0.356. The Kier molecular flexibility index (Phi) is 5.82. The van der Waals surface area contributed by atoms with Crippen molar-refractivity contribution in [3.05, 3.63) is 0 Å². The maximum atomic E-state index is 3.37. The normalized spacial score (nSPS) is 13.3. The Morgan fingerprint density at radius 2 is 1.92 bits per heavy atom. The van der Waals surface area contributed by atoms with E-state index in [1.165, 1.54) is 12.8 Å². The molecule has 0 aromatic rings. The molecule has 0 bridgehead atoms. The van der Waals surface area contributed by atoms with Gasteiger partial charge in [-0.15, -0.1) is 11.8 Å². The number of rotatable bonds is 4. The first-order chi connectivity index (χ1) is 6.02. The molecule has 0 heterocycles. The van der Waals surface area contributed by atoms with E-state index >= 15 is 0 Å². The summed E-state index contributed by atoms with van der Waals surface area (Å²) in [5, 5.41) is 3.37. The molecule has 1 heteroatoms. The summed E-state index contributed by atoms with van der Waals surface area (Å²) in [7, 11) is 2.04. The van der Waals surface area contributed by atoms with E-state index in [0.717, 1.165) is 6.42 Å². The van der Waals surface area contributed by atoms with Crippen molar-refractivity contribution in [1.29, 1.82) is 0 Å². The van der Waals surface area contributed by atoms with Gasteiger partial charge in [0, 0.05) is 12.5 Å². The third kappa shape index (κ3) is 5.71. The zero-order chi connectivity index (χ0) is 10.3. The summed E-state index contributed by atoms with van der Waals surface area (Å²) in [4.78, 5) is 0. The number of nitrogens with one attached hydrogen (secondary N) is 1. The van der Waals surface area contributed by atoms with Crippen LogP contribution < -0.4 is 5.32 Å². The van der Waals surface area contributed by atoms with Gasteiger partial charge in [-0.25, -0.2) is 0 Å². The standard InChI is InChI=1S/C12H23N/c1-6-7-8-9-10-11(13-5)12(2,3)4/h11,13H,8-10H2,1-5H3. The highest BCUT2D eigenvalue weighted by atomic mass is 14.9. The van der Waals surface area contributed by atoms with E-state index in [9.17, 15) is 0 Å². The fourth-order valence-electron chi connectivity index (χ4n) is 1.53. The predicted octanol–water partition coefficient (Wildman–Crippen LogP) is 2.81. The molecule has 1 nitrogen and oxygen atoms in total. The third-order valence-corrected chi connectivity index (χ3v) is 2.37. The van der Waals surface area contributed by atoms with Gasteiger partial charge in [-0.1, -0.05) is 20.8 Å². The Bertz CT molecular complexity index is 178. The van der Waals surface area contributed by atoms with Crippen molar-refractivity contribution >= 4 is 0 Å². The monoisotopic (exact) mass is 181 g/mol. The lowest BCUT2D eigenvalue weighted by atomic mass is 9.84. The minimum Gasteiger partial charge on any atom is -0.316 e. The molecular weight excluding hydrogens is 158 g/mol. The molecule has 76 valence electrons. The first-order valence-corrected chi connectivity index (χ1v) is 5.09. The summed E-state index contributed by atoms with van der Waals surface area (Å²) < 4.78 is 0. The van der Waals surface area contributed by atoms with Crippen LogP contribution in [0, 0.1) is 17.3 Å². The van der Waals surface area contributed by atoms with Gasteiger partial charge >= 0.3 is 0 Å². The highest BCUT2D eigenvalue weighted by Gasteiger charge is 2.21. The zero-order valence-electron chi connectivity index (χ0n) is 9.70. The molecule has 0 aliphatic carbocycles. The van der Waals surface area contributed by atoms with E-state index in [2.05, 4.69) is 37.9 Å². The highest BCUT2D eigenvalue weighted by Crippen LogP contribution is 2.22. The largest absolute Gasteiger partial charge is 0.316 e. The van der Waals surface area contributed by atoms with Crippen LogP contribution in [0.1, 0.15) is 47.0 Å². The molecule has 0 saturated carbocycles. The van der Waals surface area contributed by atoms with Gasteiger partial charge in [-0.2, -0.15) is 0 Å². The van der Waals surface area contributed by atoms with E-state index < -0.39 is 0 Å². The molecule has 1 unspecified atom stereocenters. The van der Waals surface area contributed by atoms with Crippen LogP contribution >= 0.6 is 0 Å².